The second-order valence-electron chi connectivity index (χ2n) is 7.74. The monoisotopic (exact) mass is 412 g/mol. The van der Waals surface area contributed by atoms with Gasteiger partial charge < -0.3 is 14.6 Å². The van der Waals surface area contributed by atoms with E-state index < -0.39 is 0 Å². The lowest BCUT2D eigenvalue weighted by Gasteiger charge is -2.33. The standard InChI is InChI=1S/C22H25FN4O3/c1-13-17(22(29)24-21-20(13)14(2)25-26(21)3)8-9-19(28)27-10-11-30-18(12-27)15-4-6-16(23)7-5-15/h4-7,18H,8-12H2,1-3H3,(H,24,29). The minimum absolute atomic E-state index is 0.0211. The Morgan fingerprint density at radius 3 is 2.77 bits per heavy atom. The molecule has 1 unspecified atom stereocenters. The Bertz CT molecular complexity index is 1150. The normalized spacial score (nSPS) is 16.9. The summed E-state index contributed by atoms with van der Waals surface area (Å²) < 4.78 is 20.6. The topological polar surface area (TPSA) is 80.2 Å². The molecule has 3 aromatic rings. The van der Waals surface area contributed by atoms with E-state index in [0.29, 0.717) is 37.3 Å². The van der Waals surface area contributed by atoms with Gasteiger partial charge in [-0.25, -0.2) is 4.39 Å². The van der Waals surface area contributed by atoms with Crippen LogP contribution in [0.15, 0.2) is 29.1 Å². The molecule has 1 N–H and O–H groups in total. The number of pyridine rings is 1. The number of carbonyl (C=O) groups is 1. The summed E-state index contributed by atoms with van der Waals surface area (Å²) >= 11 is 0. The molecule has 0 saturated carbocycles. The number of aromatic nitrogens is 3. The molecule has 30 heavy (non-hydrogen) atoms. The molecule has 1 fully saturated rings. The zero-order valence-electron chi connectivity index (χ0n) is 17.4. The van der Waals surface area contributed by atoms with E-state index in [9.17, 15) is 14.0 Å². The van der Waals surface area contributed by atoms with Crippen LogP contribution in [0.5, 0.6) is 0 Å². The Hall–Kier alpha value is -3.00. The summed E-state index contributed by atoms with van der Waals surface area (Å²) in [6.07, 6.45) is 0.330. The van der Waals surface area contributed by atoms with E-state index in [-0.39, 0.29) is 29.8 Å². The highest BCUT2D eigenvalue weighted by Gasteiger charge is 2.26. The summed E-state index contributed by atoms with van der Waals surface area (Å²) in [4.78, 5) is 30.1. The van der Waals surface area contributed by atoms with Crippen molar-refractivity contribution in [1.29, 1.82) is 0 Å². The molecule has 3 heterocycles. The zero-order valence-corrected chi connectivity index (χ0v) is 17.4. The molecular weight excluding hydrogens is 387 g/mol. The van der Waals surface area contributed by atoms with Crippen molar-refractivity contribution < 1.29 is 13.9 Å². The van der Waals surface area contributed by atoms with Gasteiger partial charge in [0.05, 0.1) is 18.8 Å². The quantitative estimate of drug-likeness (QED) is 0.714. The number of carbonyl (C=O) groups excluding carboxylic acids is 1. The first-order valence-electron chi connectivity index (χ1n) is 10.0. The van der Waals surface area contributed by atoms with E-state index in [0.717, 1.165) is 22.2 Å². The van der Waals surface area contributed by atoms with Crippen molar-refractivity contribution in [2.75, 3.05) is 19.7 Å². The molecule has 1 atom stereocenters. The largest absolute Gasteiger partial charge is 0.370 e. The van der Waals surface area contributed by atoms with Crippen LogP contribution < -0.4 is 5.56 Å². The van der Waals surface area contributed by atoms with Gasteiger partial charge in [-0.2, -0.15) is 5.10 Å². The van der Waals surface area contributed by atoms with Crippen molar-refractivity contribution in [3.63, 3.8) is 0 Å². The van der Waals surface area contributed by atoms with Gasteiger partial charge in [-0.3, -0.25) is 14.3 Å². The smallest absolute Gasteiger partial charge is 0.253 e. The molecular formula is C22H25FN4O3. The van der Waals surface area contributed by atoms with E-state index in [4.69, 9.17) is 4.74 Å². The number of nitrogens with zero attached hydrogens (tertiary/aromatic N) is 3. The van der Waals surface area contributed by atoms with Crippen molar-refractivity contribution in [1.82, 2.24) is 19.7 Å². The van der Waals surface area contributed by atoms with Crippen LogP contribution in [0.25, 0.3) is 11.0 Å². The number of nitrogens with one attached hydrogen (secondary N) is 1. The fourth-order valence-corrected chi connectivity index (χ4v) is 4.20. The molecule has 0 radical (unpaired) electrons. The lowest BCUT2D eigenvalue weighted by atomic mass is 10.0. The van der Waals surface area contributed by atoms with E-state index in [2.05, 4.69) is 10.1 Å². The Labute approximate surface area is 173 Å². The molecule has 0 spiro atoms. The number of fused-ring (bicyclic) bond motifs is 1. The van der Waals surface area contributed by atoms with Gasteiger partial charge in [-0.05, 0) is 43.5 Å². The molecule has 8 heteroatoms. The summed E-state index contributed by atoms with van der Waals surface area (Å²) in [6.45, 7) is 5.17. The Balaban J connectivity index is 1.47. The first kappa shape index (κ1) is 20.3. The number of morpholine rings is 1. The van der Waals surface area contributed by atoms with E-state index in [1.165, 1.54) is 12.1 Å². The number of ether oxygens (including phenoxy) is 1. The molecule has 1 aliphatic rings. The molecule has 1 amide bonds. The SMILES string of the molecule is Cc1nn(C)c2[nH]c(=O)c(CCC(=O)N3CCOC(c4ccc(F)cc4)C3)c(C)c12. The van der Waals surface area contributed by atoms with E-state index in [1.807, 2.05) is 13.8 Å². The van der Waals surface area contributed by atoms with Crippen molar-refractivity contribution in [3.05, 3.63) is 62.8 Å². The van der Waals surface area contributed by atoms with Gasteiger partial charge in [0.15, 0.2) is 0 Å². The Morgan fingerprint density at radius 1 is 1.30 bits per heavy atom. The minimum Gasteiger partial charge on any atom is -0.370 e. The highest BCUT2D eigenvalue weighted by Crippen LogP contribution is 2.24. The maximum atomic E-state index is 13.2. The number of aryl methyl sites for hydroxylation is 3. The van der Waals surface area contributed by atoms with Crippen LogP contribution in [0.3, 0.4) is 0 Å². The molecule has 0 bridgehead atoms. The van der Waals surface area contributed by atoms with Gasteiger partial charge in [0.1, 0.15) is 17.6 Å². The highest BCUT2D eigenvalue weighted by atomic mass is 19.1. The van der Waals surface area contributed by atoms with Gasteiger partial charge in [0, 0.05) is 31.0 Å². The molecule has 0 aliphatic carbocycles. The summed E-state index contributed by atoms with van der Waals surface area (Å²) in [5.74, 6) is -0.323. The van der Waals surface area contributed by atoms with Crippen LogP contribution in [0.4, 0.5) is 4.39 Å². The second kappa shape index (κ2) is 8.02. The number of halogens is 1. The third-order valence-electron chi connectivity index (χ3n) is 5.81. The first-order chi connectivity index (χ1) is 14.3. The van der Waals surface area contributed by atoms with Crippen molar-refractivity contribution >= 4 is 16.9 Å². The fourth-order valence-electron chi connectivity index (χ4n) is 4.20. The second-order valence-corrected chi connectivity index (χ2v) is 7.74. The van der Waals surface area contributed by atoms with Crippen LogP contribution in [0, 0.1) is 19.7 Å². The molecule has 2 aromatic heterocycles. The van der Waals surface area contributed by atoms with Crippen LogP contribution >= 0.6 is 0 Å². The van der Waals surface area contributed by atoms with Crippen molar-refractivity contribution in [2.24, 2.45) is 7.05 Å². The minimum atomic E-state index is -0.302. The van der Waals surface area contributed by atoms with Crippen LogP contribution in [-0.2, 0) is 23.0 Å². The van der Waals surface area contributed by atoms with Crippen molar-refractivity contribution in [3.8, 4) is 0 Å². The maximum Gasteiger partial charge on any atom is 0.253 e. The highest BCUT2D eigenvalue weighted by molar-refractivity contribution is 5.83. The van der Waals surface area contributed by atoms with Gasteiger partial charge >= 0.3 is 0 Å². The van der Waals surface area contributed by atoms with Crippen LogP contribution in [0.1, 0.15) is 34.9 Å². The molecule has 1 aromatic carbocycles. The van der Waals surface area contributed by atoms with Gasteiger partial charge in [-0.1, -0.05) is 12.1 Å². The van der Waals surface area contributed by atoms with E-state index in [1.54, 1.807) is 28.8 Å². The number of hydrogen-bond acceptors (Lipinski definition) is 4. The summed E-state index contributed by atoms with van der Waals surface area (Å²) in [5, 5.41) is 5.31. The predicted molar refractivity (Wildman–Crippen MR) is 111 cm³/mol. The maximum absolute atomic E-state index is 13.2. The third kappa shape index (κ3) is 3.75. The fraction of sp³-hybridized carbons (Fsp3) is 0.409. The van der Waals surface area contributed by atoms with Crippen LogP contribution in [-0.4, -0.2) is 45.3 Å². The number of hydrogen-bond donors (Lipinski definition) is 1. The molecule has 158 valence electrons. The lowest BCUT2D eigenvalue weighted by Crippen LogP contribution is -2.42. The van der Waals surface area contributed by atoms with Gasteiger partial charge in [0.2, 0.25) is 5.91 Å². The molecule has 4 rings (SSSR count). The first-order valence-corrected chi connectivity index (χ1v) is 10.0. The number of aromatic amines is 1. The van der Waals surface area contributed by atoms with Crippen LogP contribution in [0.2, 0.25) is 0 Å². The summed E-state index contributed by atoms with van der Waals surface area (Å²) in [6, 6.07) is 6.15. The Kier molecular flexibility index (Phi) is 5.42. The summed E-state index contributed by atoms with van der Waals surface area (Å²) in [7, 11) is 1.80. The van der Waals surface area contributed by atoms with Gasteiger partial charge in [0.25, 0.3) is 5.56 Å². The predicted octanol–water partition coefficient (Wildman–Crippen LogP) is 2.55. The number of amides is 1. The summed E-state index contributed by atoms with van der Waals surface area (Å²) in [5.41, 5.74) is 3.71. The zero-order chi connectivity index (χ0) is 21.4. The Morgan fingerprint density at radius 2 is 2.03 bits per heavy atom. The number of rotatable bonds is 4. The van der Waals surface area contributed by atoms with Crippen molar-refractivity contribution in [2.45, 2.75) is 32.8 Å². The number of H-pyrrole nitrogens is 1. The lowest BCUT2D eigenvalue weighted by molar-refractivity contribution is -0.139. The number of benzene rings is 1. The average Bonchev–Trinajstić information content (AvgIpc) is 3.01. The molecule has 7 nitrogen and oxygen atoms in total. The molecule has 1 saturated heterocycles. The van der Waals surface area contributed by atoms with E-state index >= 15 is 0 Å². The van der Waals surface area contributed by atoms with Gasteiger partial charge in [-0.15, -0.1) is 0 Å². The average molecular weight is 412 g/mol. The third-order valence-corrected chi connectivity index (χ3v) is 5.81. The molecule has 1 aliphatic heterocycles.